The third kappa shape index (κ3) is 3.99. The fourth-order valence-electron chi connectivity index (χ4n) is 1.73. The summed E-state index contributed by atoms with van der Waals surface area (Å²) in [5, 5.41) is 12.5. The lowest BCUT2D eigenvalue weighted by Gasteiger charge is -2.12. The van der Waals surface area contributed by atoms with Crippen LogP contribution < -0.4 is 5.32 Å². The van der Waals surface area contributed by atoms with Gasteiger partial charge in [-0.2, -0.15) is 0 Å². The molecule has 2 N–H and O–H groups in total. The van der Waals surface area contributed by atoms with Gasteiger partial charge in [0, 0.05) is 31.6 Å². The Hall–Kier alpha value is -0.800. The predicted molar refractivity (Wildman–Crippen MR) is 67.4 cm³/mol. The van der Waals surface area contributed by atoms with E-state index in [1.165, 1.54) is 5.56 Å². The molecular formula is C13H24N2O. The van der Waals surface area contributed by atoms with Gasteiger partial charge in [0.25, 0.3) is 0 Å². The molecule has 0 fully saturated rings. The van der Waals surface area contributed by atoms with E-state index in [4.69, 9.17) is 5.11 Å². The van der Waals surface area contributed by atoms with Crippen LogP contribution in [0.2, 0.25) is 0 Å². The zero-order chi connectivity index (χ0) is 12.0. The SMILES string of the molecule is CCCNC(C)c1ccn(CC(C)CO)c1. The molecule has 0 aliphatic carbocycles. The van der Waals surface area contributed by atoms with E-state index >= 15 is 0 Å². The van der Waals surface area contributed by atoms with Crippen LogP contribution in [0.3, 0.4) is 0 Å². The van der Waals surface area contributed by atoms with Crippen molar-refractivity contribution in [1.82, 2.24) is 9.88 Å². The second-order valence-electron chi connectivity index (χ2n) is 4.61. The van der Waals surface area contributed by atoms with Crippen molar-refractivity contribution in [2.24, 2.45) is 5.92 Å². The lowest BCUT2D eigenvalue weighted by atomic mass is 10.2. The summed E-state index contributed by atoms with van der Waals surface area (Å²) in [7, 11) is 0. The van der Waals surface area contributed by atoms with Crippen molar-refractivity contribution in [2.45, 2.75) is 39.8 Å². The molecule has 0 radical (unpaired) electrons. The quantitative estimate of drug-likeness (QED) is 0.745. The van der Waals surface area contributed by atoms with Gasteiger partial charge in [-0.1, -0.05) is 13.8 Å². The Kier molecular flexibility index (Phi) is 5.56. The Bertz CT molecular complexity index is 296. The van der Waals surface area contributed by atoms with Gasteiger partial charge in [-0.05, 0) is 37.4 Å². The molecule has 1 aromatic heterocycles. The normalized spacial score (nSPS) is 15.0. The lowest BCUT2D eigenvalue weighted by molar-refractivity contribution is 0.223. The smallest absolute Gasteiger partial charge is 0.0473 e. The maximum atomic E-state index is 9.00. The second-order valence-corrected chi connectivity index (χ2v) is 4.61. The van der Waals surface area contributed by atoms with Crippen LogP contribution in [0.5, 0.6) is 0 Å². The molecule has 2 unspecified atom stereocenters. The largest absolute Gasteiger partial charge is 0.396 e. The van der Waals surface area contributed by atoms with Crippen molar-refractivity contribution in [3.8, 4) is 0 Å². The summed E-state index contributed by atoms with van der Waals surface area (Å²) in [6.45, 7) is 8.60. The number of hydrogen-bond acceptors (Lipinski definition) is 2. The number of rotatable bonds is 7. The minimum absolute atomic E-state index is 0.247. The molecule has 1 rings (SSSR count). The maximum absolute atomic E-state index is 9.00. The van der Waals surface area contributed by atoms with E-state index in [-0.39, 0.29) is 6.61 Å². The number of aliphatic hydroxyl groups is 1. The molecule has 1 heterocycles. The van der Waals surface area contributed by atoms with Crippen LogP contribution in [0.15, 0.2) is 18.5 Å². The summed E-state index contributed by atoms with van der Waals surface area (Å²) in [5.41, 5.74) is 1.32. The Morgan fingerprint density at radius 1 is 1.44 bits per heavy atom. The minimum Gasteiger partial charge on any atom is -0.396 e. The van der Waals surface area contributed by atoms with Crippen molar-refractivity contribution < 1.29 is 5.11 Å². The van der Waals surface area contributed by atoms with E-state index in [1.807, 2.05) is 0 Å². The molecule has 92 valence electrons. The number of nitrogens with zero attached hydrogens (tertiary/aromatic N) is 1. The van der Waals surface area contributed by atoms with Crippen molar-refractivity contribution in [2.75, 3.05) is 13.2 Å². The highest BCUT2D eigenvalue weighted by Crippen LogP contribution is 2.13. The summed E-state index contributed by atoms with van der Waals surface area (Å²) in [6, 6.07) is 2.56. The summed E-state index contributed by atoms with van der Waals surface area (Å²) in [4.78, 5) is 0. The van der Waals surface area contributed by atoms with Crippen LogP contribution in [-0.2, 0) is 6.54 Å². The first-order valence-electron chi connectivity index (χ1n) is 6.17. The molecule has 0 aromatic carbocycles. The van der Waals surface area contributed by atoms with E-state index in [0.717, 1.165) is 19.5 Å². The van der Waals surface area contributed by atoms with E-state index in [2.05, 4.69) is 49.1 Å². The van der Waals surface area contributed by atoms with Crippen LogP contribution in [0.1, 0.15) is 38.8 Å². The number of hydrogen-bond donors (Lipinski definition) is 2. The third-order valence-electron chi connectivity index (χ3n) is 2.81. The first kappa shape index (κ1) is 13.3. The van der Waals surface area contributed by atoms with Gasteiger partial charge in [-0.15, -0.1) is 0 Å². The highest BCUT2D eigenvalue weighted by molar-refractivity contribution is 5.14. The standard InChI is InChI=1S/C13H24N2O/c1-4-6-14-12(3)13-5-7-15(9-13)8-11(2)10-16/h5,7,9,11-12,14,16H,4,6,8,10H2,1-3H3. The first-order chi connectivity index (χ1) is 7.67. The fourth-order valence-corrected chi connectivity index (χ4v) is 1.73. The van der Waals surface area contributed by atoms with E-state index in [0.29, 0.717) is 12.0 Å². The number of aromatic nitrogens is 1. The summed E-state index contributed by atoms with van der Waals surface area (Å²) >= 11 is 0. The van der Waals surface area contributed by atoms with Gasteiger partial charge >= 0.3 is 0 Å². The monoisotopic (exact) mass is 224 g/mol. The van der Waals surface area contributed by atoms with Crippen molar-refractivity contribution in [3.63, 3.8) is 0 Å². The van der Waals surface area contributed by atoms with Crippen LogP contribution in [0.4, 0.5) is 0 Å². The molecule has 1 aromatic rings. The molecular weight excluding hydrogens is 200 g/mol. The molecule has 0 spiro atoms. The van der Waals surface area contributed by atoms with Gasteiger partial charge in [-0.3, -0.25) is 0 Å². The molecule has 0 aliphatic rings. The topological polar surface area (TPSA) is 37.2 Å². The Labute approximate surface area is 98.5 Å². The van der Waals surface area contributed by atoms with Gasteiger partial charge in [0.05, 0.1) is 0 Å². The molecule has 0 saturated carbocycles. The number of nitrogens with one attached hydrogen (secondary N) is 1. The Balaban J connectivity index is 2.50. The molecule has 2 atom stereocenters. The Morgan fingerprint density at radius 2 is 2.19 bits per heavy atom. The second kappa shape index (κ2) is 6.71. The average molecular weight is 224 g/mol. The summed E-state index contributed by atoms with van der Waals surface area (Å²) in [5.74, 6) is 0.319. The fraction of sp³-hybridized carbons (Fsp3) is 0.692. The highest BCUT2D eigenvalue weighted by atomic mass is 16.3. The van der Waals surface area contributed by atoms with E-state index < -0.39 is 0 Å². The van der Waals surface area contributed by atoms with Gasteiger partial charge in [0.1, 0.15) is 0 Å². The molecule has 0 saturated heterocycles. The molecule has 0 bridgehead atoms. The summed E-state index contributed by atoms with van der Waals surface area (Å²) in [6.07, 6.45) is 5.41. The van der Waals surface area contributed by atoms with Gasteiger partial charge in [-0.25, -0.2) is 0 Å². The van der Waals surface area contributed by atoms with Gasteiger partial charge < -0.3 is 15.0 Å². The third-order valence-corrected chi connectivity index (χ3v) is 2.81. The zero-order valence-corrected chi connectivity index (χ0v) is 10.6. The molecule has 3 nitrogen and oxygen atoms in total. The van der Waals surface area contributed by atoms with Crippen LogP contribution in [-0.4, -0.2) is 22.8 Å². The van der Waals surface area contributed by atoms with Crippen LogP contribution in [0, 0.1) is 5.92 Å². The van der Waals surface area contributed by atoms with Crippen molar-refractivity contribution in [1.29, 1.82) is 0 Å². The molecule has 0 amide bonds. The molecule has 16 heavy (non-hydrogen) atoms. The maximum Gasteiger partial charge on any atom is 0.0473 e. The van der Waals surface area contributed by atoms with Crippen molar-refractivity contribution in [3.05, 3.63) is 24.0 Å². The van der Waals surface area contributed by atoms with Crippen molar-refractivity contribution >= 4 is 0 Å². The lowest BCUT2D eigenvalue weighted by Crippen LogP contribution is -2.18. The first-order valence-corrected chi connectivity index (χ1v) is 6.17. The van der Waals surface area contributed by atoms with Crippen LogP contribution in [0.25, 0.3) is 0 Å². The Morgan fingerprint density at radius 3 is 2.81 bits per heavy atom. The summed E-state index contributed by atoms with van der Waals surface area (Å²) < 4.78 is 2.15. The predicted octanol–water partition coefficient (Wildman–Crippen LogP) is 2.18. The van der Waals surface area contributed by atoms with Gasteiger partial charge in [0.15, 0.2) is 0 Å². The average Bonchev–Trinajstić information content (AvgIpc) is 2.74. The van der Waals surface area contributed by atoms with Crippen LogP contribution >= 0.6 is 0 Å². The highest BCUT2D eigenvalue weighted by Gasteiger charge is 2.07. The van der Waals surface area contributed by atoms with E-state index in [1.54, 1.807) is 0 Å². The molecule has 0 aliphatic heterocycles. The van der Waals surface area contributed by atoms with Gasteiger partial charge in [0.2, 0.25) is 0 Å². The zero-order valence-electron chi connectivity index (χ0n) is 10.6. The minimum atomic E-state index is 0.247. The number of aliphatic hydroxyl groups excluding tert-OH is 1. The van der Waals surface area contributed by atoms with E-state index in [9.17, 15) is 0 Å². The molecule has 3 heteroatoms.